The van der Waals surface area contributed by atoms with E-state index in [0.717, 1.165) is 6.07 Å². The van der Waals surface area contributed by atoms with E-state index in [1.54, 1.807) is 17.7 Å². The van der Waals surface area contributed by atoms with Gasteiger partial charge in [-0.1, -0.05) is 12.1 Å². The predicted molar refractivity (Wildman–Crippen MR) is 164 cm³/mol. The number of halogens is 9. The summed E-state index contributed by atoms with van der Waals surface area (Å²) in [6.07, 6.45) is -6.83. The van der Waals surface area contributed by atoms with E-state index in [1.807, 2.05) is 0 Å². The first-order chi connectivity index (χ1) is 21.7. The number of allylic oxidation sites excluding steroid dienone is 1. The molecule has 2 aromatic carbocycles. The van der Waals surface area contributed by atoms with Crippen LogP contribution >= 0.6 is 0 Å². The summed E-state index contributed by atoms with van der Waals surface area (Å²) in [5.41, 5.74) is 0.116. The molecule has 0 atom stereocenters. The van der Waals surface area contributed by atoms with Crippen molar-refractivity contribution in [2.45, 2.75) is 88.0 Å². The molecule has 47 heavy (non-hydrogen) atoms. The molecule has 0 saturated carbocycles. The molecule has 16 heteroatoms. The van der Waals surface area contributed by atoms with Gasteiger partial charge in [-0.3, -0.25) is 0 Å². The fraction of sp³-hybridized carbons (Fsp3) is 0.548. The van der Waals surface area contributed by atoms with Gasteiger partial charge in [0.2, 0.25) is 0 Å². The molecule has 5 nitrogen and oxygen atoms in total. The number of hydrogen-bond donors (Lipinski definition) is 0. The van der Waals surface area contributed by atoms with Crippen molar-refractivity contribution in [3.05, 3.63) is 59.2 Å². The first-order valence-corrected chi connectivity index (χ1v) is 24.3. The molecule has 0 spiro atoms. The van der Waals surface area contributed by atoms with Gasteiger partial charge in [0, 0.05) is 11.1 Å². The third-order valence-electron chi connectivity index (χ3n) is 8.77. The Morgan fingerprint density at radius 3 is 1.62 bits per heavy atom. The van der Waals surface area contributed by atoms with Crippen LogP contribution in [-0.4, -0.2) is 64.3 Å². The first kappa shape index (κ1) is 40.9. The number of rotatable bonds is 12. The Kier molecular flexibility index (Phi) is 13.5. The van der Waals surface area contributed by atoms with Gasteiger partial charge in [-0.2, -0.15) is 47.9 Å². The van der Waals surface area contributed by atoms with E-state index in [2.05, 4.69) is 31.9 Å². The van der Waals surface area contributed by atoms with Crippen LogP contribution in [0.2, 0.25) is 17.7 Å². The molecular weight excluding hydrogens is 774 g/mol. The van der Waals surface area contributed by atoms with Crippen LogP contribution in [0, 0.1) is 0 Å². The SMILES string of the molecule is COc1ccc(C2=C(OS(=O)(=O)C(F)(F)C(F)(F)C(F)(F)C(F)(F)F)c3ccc(OC)cc3CCC2)cc1.C[CH2][Sn]([CH2]C)([CH2]C)[CH2]C. The minimum atomic E-state index is -7.43. The van der Waals surface area contributed by atoms with E-state index >= 15 is 0 Å². The predicted octanol–water partition coefficient (Wildman–Crippen LogP) is 10.2. The molecular formula is C31H39F9O5SSn. The number of aryl methyl sites for hydroxylation is 1. The topological polar surface area (TPSA) is 61.8 Å². The monoisotopic (exact) mass is 814 g/mol. The number of hydrogen-bond acceptors (Lipinski definition) is 5. The Hall–Kier alpha value is -2.30. The van der Waals surface area contributed by atoms with E-state index < -0.39 is 57.5 Å². The van der Waals surface area contributed by atoms with E-state index in [9.17, 15) is 47.9 Å². The molecule has 2 aromatic rings. The first-order valence-electron chi connectivity index (χ1n) is 14.8. The Bertz CT molecular complexity index is 1470. The van der Waals surface area contributed by atoms with Gasteiger partial charge in [-0.15, -0.1) is 0 Å². The molecule has 0 N–H and O–H groups in total. The maximum atomic E-state index is 14.5. The van der Waals surface area contributed by atoms with Crippen LogP contribution < -0.4 is 9.47 Å². The Morgan fingerprint density at radius 1 is 0.702 bits per heavy atom. The van der Waals surface area contributed by atoms with Crippen molar-refractivity contribution >= 4 is 39.8 Å². The molecule has 0 fully saturated rings. The average molecular weight is 813 g/mol. The van der Waals surface area contributed by atoms with Gasteiger partial charge in [0.25, 0.3) is 0 Å². The average Bonchev–Trinajstić information content (AvgIpc) is 3.20. The van der Waals surface area contributed by atoms with E-state index in [0.29, 0.717) is 5.75 Å². The third-order valence-corrected chi connectivity index (χ3v) is 27.2. The normalized spacial score (nSPS) is 14.9. The fourth-order valence-electron chi connectivity index (χ4n) is 5.20. The van der Waals surface area contributed by atoms with E-state index in [1.165, 1.54) is 50.6 Å². The number of methoxy groups -OCH3 is 2. The van der Waals surface area contributed by atoms with Crippen LogP contribution in [0.1, 0.15) is 57.2 Å². The molecule has 0 saturated heterocycles. The summed E-state index contributed by atoms with van der Waals surface area (Å²) >= 11 is -1.39. The molecule has 3 rings (SSSR count). The van der Waals surface area contributed by atoms with Crippen molar-refractivity contribution in [3.8, 4) is 11.5 Å². The second-order valence-electron chi connectivity index (χ2n) is 11.0. The Morgan fingerprint density at radius 2 is 1.19 bits per heavy atom. The number of fused-ring (bicyclic) bond motifs is 1. The van der Waals surface area contributed by atoms with Crippen molar-refractivity contribution < 1.29 is 61.6 Å². The second kappa shape index (κ2) is 15.5. The summed E-state index contributed by atoms with van der Waals surface area (Å²) in [7, 11) is -4.54. The summed E-state index contributed by atoms with van der Waals surface area (Å²) < 4.78 is 167. The van der Waals surface area contributed by atoms with Crippen LogP contribution in [-0.2, 0) is 20.7 Å². The summed E-state index contributed by atoms with van der Waals surface area (Å²) in [5.74, 6) is -15.2. The van der Waals surface area contributed by atoms with Gasteiger partial charge >= 0.3 is 97.2 Å². The molecule has 1 aliphatic carbocycles. The van der Waals surface area contributed by atoms with E-state index in [-0.39, 0.29) is 47.3 Å². The van der Waals surface area contributed by atoms with Crippen molar-refractivity contribution in [2.75, 3.05) is 14.2 Å². The number of ether oxygens (including phenoxy) is 2. The fourth-order valence-corrected chi connectivity index (χ4v) is 14.7. The van der Waals surface area contributed by atoms with E-state index in [4.69, 9.17) is 9.47 Å². The molecule has 0 bridgehead atoms. The molecule has 0 heterocycles. The van der Waals surface area contributed by atoms with Gasteiger partial charge in [0.05, 0.1) is 14.2 Å². The van der Waals surface area contributed by atoms with Crippen molar-refractivity contribution in [3.63, 3.8) is 0 Å². The zero-order valence-electron chi connectivity index (χ0n) is 26.8. The Labute approximate surface area is 273 Å². The molecule has 0 radical (unpaired) electrons. The van der Waals surface area contributed by atoms with Gasteiger partial charge in [-0.05, 0) is 60.7 Å². The molecule has 0 aliphatic heterocycles. The maximum absolute atomic E-state index is 14.5. The van der Waals surface area contributed by atoms with Crippen molar-refractivity contribution in [2.24, 2.45) is 0 Å². The standard InChI is InChI=1S/C23H19F9O5S.4C2H5.Sn/c1-35-15-8-6-13(7-9-15)17-5-3-4-14-12-16(36-2)10-11-18(14)19(17)37-38(33,34)23(31,32)21(26,27)20(24,25)22(28,29)30;4*1-2;/h6-12H,3-5H2,1-2H3;4*1H2,2H3;. The summed E-state index contributed by atoms with van der Waals surface area (Å²) in [6, 6.07) is 9.34. The third kappa shape index (κ3) is 8.30. The molecule has 0 unspecified atom stereocenters. The van der Waals surface area contributed by atoms with Gasteiger partial charge < -0.3 is 13.7 Å². The molecule has 0 aromatic heterocycles. The van der Waals surface area contributed by atoms with Crippen LogP contribution in [0.4, 0.5) is 39.5 Å². The summed E-state index contributed by atoms with van der Waals surface area (Å²) in [4.78, 5) is 0. The van der Waals surface area contributed by atoms with Crippen molar-refractivity contribution in [1.82, 2.24) is 0 Å². The Balaban J connectivity index is 0.000000745. The van der Waals surface area contributed by atoms with Crippen LogP contribution in [0.15, 0.2) is 42.5 Å². The zero-order valence-corrected chi connectivity index (χ0v) is 30.5. The molecule has 0 amide bonds. The minimum absolute atomic E-state index is 0.0746. The number of benzene rings is 2. The van der Waals surface area contributed by atoms with Crippen LogP contribution in [0.3, 0.4) is 0 Å². The zero-order chi connectivity index (χ0) is 36.1. The van der Waals surface area contributed by atoms with Gasteiger partial charge in [0.1, 0.15) is 11.5 Å². The van der Waals surface area contributed by atoms with Gasteiger partial charge in [0.15, 0.2) is 5.76 Å². The van der Waals surface area contributed by atoms with Gasteiger partial charge in [-0.25, -0.2) is 0 Å². The molecule has 266 valence electrons. The van der Waals surface area contributed by atoms with Crippen molar-refractivity contribution in [1.29, 1.82) is 0 Å². The quantitative estimate of drug-likeness (QED) is 0.121. The molecule has 1 aliphatic rings. The van der Waals surface area contributed by atoms with Crippen LogP contribution in [0.25, 0.3) is 11.3 Å². The number of alkyl halides is 9. The van der Waals surface area contributed by atoms with Crippen LogP contribution in [0.5, 0.6) is 11.5 Å². The second-order valence-corrected chi connectivity index (χ2v) is 29.3. The summed E-state index contributed by atoms with van der Waals surface area (Å²) in [5, 5.41) is -7.00. The summed E-state index contributed by atoms with van der Waals surface area (Å²) in [6.45, 7) is 9.58.